The number of carboxylic acid groups (broad SMARTS) is 1. The fourth-order valence-corrected chi connectivity index (χ4v) is 4.04. The number of carbonyl (C=O) groups is 3. The lowest BCUT2D eigenvalue weighted by Gasteiger charge is -2.14. The summed E-state index contributed by atoms with van der Waals surface area (Å²) in [6.07, 6.45) is -0.614. The minimum Gasteiger partial charge on any atom is -0.478 e. The van der Waals surface area contributed by atoms with Crippen LogP contribution < -0.4 is 10.6 Å². The van der Waals surface area contributed by atoms with Crippen molar-refractivity contribution < 1.29 is 33.4 Å². The number of alkyl carbamates (subject to hydrolysis) is 1. The maximum atomic E-state index is 13.9. The van der Waals surface area contributed by atoms with Gasteiger partial charge < -0.3 is 25.2 Å². The number of carboxylic acids is 1. The molecule has 1 aliphatic carbocycles. The summed E-state index contributed by atoms with van der Waals surface area (Å²) in [4.78, 5) is 35.3. The van der Waals surface area contributed by atoms with E-state index < -0.39 is 36.1 Å². The number of hydrogen-bond acceptors (Lipinski definition) is 5. The molecule has 1 aliphatic rings. The summed E-state index contributed by atoms with van der Waals surface area (Å²) in [6.45, 7) is -0.178. The number of anilines is 1. The van der Waals surface area contributed by atoms with Crippen LogP contribution in [0.4, 0.5) is 14.9 Å². The number of ether oxygens (including phenoxy) is 2. The van der Waals surface area contributed by atoms with Gasteiger partial charge in [-0.05, 0) is 34.4 Å². The zero-order chi connectivity index (χ0) is 24.8. The smallest absolute Gasteiger partial charge is 0.407 e. The molecule has 0 unspecified atom stereocenters. The highest BCUT2D eigenvalue weighted by Crippen LogP contribution is 2.44. The third kappa shape index (κ3) is 5.47. The number of halogens is 1. The first-order chi connectivity index (χ1) is 17.0. The first kappa shape index (κ1) is 23.9. The number of carbonyl (C=O) groups excluding carboxylic acids is 2. The van der Waals surface area contributed by atoms with Crippen molar-refractivity contribution in [1.29, 1.82) is 0 Å². The summed E-state index contributed by atoms with van der Waals surface area (Å²) in [5.41, 5.74) is 3.69. The third-order valence-corrected chi connectivity index (χ3v) is 5.60. The van der Waals surface area contributed by atoms with Gasteiger partial charge in [0.2, 0.25) is 5.91 Å². The summed E-state index contributed by atoms with van der Waals surface area (Å²) in [6, 6.07) is 19.5. The number of nitrogens with one attached hydrogen (secondary N) is 2. The first-order valence-electron chi connectivity index (χ1n) is 10.9. The van der Waals surface area contributed by atoms with Gasteiger partial charge >= 0.3 is 12.1 Å². The molecule has 0 heterocycles. The molecule has 180 valence electrons. The Balaban J connectivity index is 1.19. The van der Waals surface area contributed by atoms with Gasteiger partial charge in [0.1, 0.15) is 19.0 Å². The highest BCUT2D eigenvalue weighted by Gasteiger charge is 2.29. The summed E-state index contributed by atoms with van der Waals surface area (Å²) >= 11 is 0. The van der Waals surface area contributed by atoms with Crippen LogP contribution in [0.25, 0.3) is 11.1 Å². The zero-order valence-corrected chi connectivity index (χ0v) is 18.6. The number of para-hydroxylation sites is 1. The molecule has 3 aromatic rings. The van der Waals surface area contributed by atoms with Crippen LogP contribution in [0.1, 0.15) is 27.4 Å². The van der Waals surface area contributed by atoms with Gasteiger partial charge in [0.15, 0.2) is 0 Å². The van der Waals surface area contributed by atoms with Gasteiger partial charge in [0.25, 0.3) is 0 Å². The van der Waals surface area contributed by atoms with Crippen molar-refractivity contribution in [2.45, 2.75) is 5.92 Å². The van der Waals surface area contributed by atoms with Gasteiger partial charge in [0.05, 0.1) is 17.9 Å². The van der Waals surface area contributed by atoms with Crippen LogP contribution in [0.5, 0.6) is 0 Å². The Kier molecular flexibility index (Phi) is 7.37. The average molecular weight is 478 g/mol. The normalized spacial score (nSPS) is 11.9. The molecular formula is C26H23FN2O6. The summed E-state index contributed by atoms with van der Waals surface area (Å²) < 4.78 is 24.5. The van der Waals surface area contributed by atoms with Crippen molar-refractivity contribution in [3.05, 3.63) is 89.2 Å². The Morgan fingerprint density at radius 2 is 1.57 bits per heavy atom. The quantitative estimate of drug-likeness (QED) is 0.401. The van der Waals surface area contributed by atoms with Crippen LogP contribution in [-0.4, -0.2) is 49.4 Å². The molecule has 3 N–H and O–H groups in total. The Bertz CT molecular complexity index is 1220. The number of rotatable bonds is 9. The van der Waals surface area contributed by atoms with Crippen LogP contribution in [0, 0.1) is 5.82 Å². The van der Waals surface area contributed by atoms with Crippen molar-refractivity contribution >= 4 is 23.7 Å². The monoisotopic (exact) mass is 478 g/mol. The van der Waals surface area contributed by atoms with E-state index in [9.17, 15) is 18.8 Å². The van der Waals surface area contributed by atoms with E-state index in [0.29, 0.717) is 0 Å². The molecule has 35 heavy (non-hydrogen) atoms. The average Bonchev–Trinajstić information content (AvgIpc) is 3.17. The minimum atomic E-state index is -1.37. The molecule has 8 nitrogen and oxygen atoms in total. The molecule has 9 heteroatoms. The summed E-state index contributed by atoms with van der Waals surface area (Å²) in [7, 11) is 0. The second-order valence-electron chi connectivity index (χ2n) is 7.82. The van der Waals surface area contributed by atoms with E-state index >= 15 is 0 Å². The maximum absolute atomic E-state index is 13.9. The lowest BCUT2D eigenvalue weighted by molar-refractivity contribution is -0.120. The highest BCUT2D eigenvalue weighted by molar-refractivity contribution is 6.01. The standard InChI is InChI=1S/C26H23FN2O6/c27-22-11-5-10-20(25(31)32)24(22)29-23(30)15-34-13-12-28-26(33)35-14-21-18-8-3-1-6-16(18)17-7-2-4-9-19(17)21/h1-11,21H,12-15H2,(H,28,33)(H,29,30)(H,31,32). The van der Waals surface area contributed by atoms with E-state index in [4.69, 9.17) is 14.6 Å². The van der Waals surface area contributed by atoms with E-state index in [0.717, 1.165) is 28.3 Å². The zero-order valence-electron chi connectivity index (χ0n) is 18.6. The first-order valence-corrected chi connectivity index (χ1v) is 10.9. The van der Waals surface area contributed by atoms with Crippen LogP contribution in [0.2, 0.25) is 0 Å². The Labute approximate surface area is 200 Å². The second kappa shape index (κ2) is 10.8. The summed E-state index contributed by atoms with van der Waals surface area (Å²) in [5, 5.41) is 13.9. The van der Waals surface area contributed by atoms with Crippen molar-refractivity contribution in [1.82, 2.24) is 5.32 Å². The van der Waals surface area contributed by atoms with Crippen molar-refractivity contribution in [3.63, 3.8) is 0 Å². The number of amides is 2. The maximum Gasteiger partial charge on any atom is 0.407 e. The van der Waals surface area contributed by atoms with Crippen molar-refractivity contribution in [2.75, 3.05) is 31.7 Å². The largest absolute Gasteiger partial charge is 0.478 e. The molecule has 2 amide bonds. The van der Waals surface area contributed by atoms with Crippen LogP contribution in [0.15, 0.2) is 66.7 Å². The molecule has 0 fully saturated rings. The van der Waals surface area contributed by atoms with E-state index in [1.54, 1.807) is 0 Å². The SMILES string of the molecule is O=C(COCCNC(=O)OCC1c2ccccc2-c2ccccc21)Nc1c(F)cccc1C(=O)O. The van der Waals surface area contributed by atoms with Gasteiger partial charge in [-0.25, -0.2) is 14.0 Å². The third-order valence-electron chi connectivity index (χ3n) is 5.60. The molecular weight excluding hydrogens is 455 g/mol. The molecule has 0 atom stereocenters. The predicted octanol–water partition coefficient (Wildman–Crippen LogP) is 4.02. The highest BCUT2D eigenvalue weighted by atomic mass is 19.1. The van der Waals surface area contributed by atoms with E-state index in [-0.39, 0.29) is 31.2 Å². The Hall–Kier alpha value is -4.24. The number of aromatic carboxylic acids is 1. The minimum absolute atomic E-state index is 0.000670. The molecule has 4 rings (SSSR count). The van der Waals surface area contributed by atoms with Gasteiger partial charge in [-0.3, -0.25) is 4.79 Å². The van der Waals surface area contributed by atoms with E-state index in [1.807, 2.05) is 36.4 Å². The summed E-state index contributed by atoms with van der Waals surface area (Å²) in [5.74, 6) is -3.01. The number of benzene rings is 3. The number of hydrogen-bond donors (Lipinski definition) is 3. The molecule has 0 aliphatic heterocycles. The van der Waals surface area contributed by atoms with Crippen LogP contribution in [0.3, 0.4) is 0 Å². The molecule has 0 spiro atoms. The molecule has 0 saturated heterocycles. The van der Waals surface area contributed by atoms with Crippen molar-refractivity contribution in [3.8, 4) is 11.1 Å². The fraction of sp³-hybridized carbons (Fsp3) is 0.192. The van der Waals surface area contributed by atoms with E-state index in [2.05, 4.69) is 22.8 Å². The van der Waals surface area contributed by atoms with Gasteiger partial charge in [-0.2, -0.15) is 0 Å². The Morgan fingerprint density at radius 1 is 0.914 bits per heavy atom. The Morgan fingerprint density at radius 3 is 2.23 bits per heavy atom. The van der Waals surface area contributed by atoms with Gasteiger partial charge in [0, 0.05) is 12.5 Å². The molecule has 0 aromatic heterocycles. The topological polar surface area (TPSA) is 114 Å². The molecule has 3 aromatic carbocycles. The van der Waals surface area contributed by atoms with Crippen LogP contribution >= 0.6 is 0 Å². The molecule has 0 bridgehead atoms. The lowest BCUT2D eigenvalue weighted by atomic mass is 9.98. The fourth-order valence-electron chi connectivity index (χ4n) is 4.04. The molecule has 0 radical (unpaired) electrons. The van der Waals surface area contributed by atoms with Gasteiger partial charge in [-0.1, -0.05) is 54.6 Å². The second-order valence-corrected chi connectivity index (χ2v) is 7.82. The molecule has 0 saturated carbocycles. The number of fused-ring (bicyclic) bond motifs is 3. The lowest BCUT2D eigenvalue weighted by Crippen LogP contribution is -2.30. The van der Waals surface area contributed by atoms with Gasteiger partial charge in [-0.15, -0.1) is 0 Å². The van der Waals surface area contributed by atoms with E-state index in [1.165, 1.54) is 12.1 Å². The van der Waals surface area contributed by atoms with Crippen LogP contribution in [-0.2, 0) is 14.3 Å². The predicted molar refractivity (Wildman–Crippen MR) is 126 cm³/mol. The van der Waals surface area contributed by atoms with Crippen molar-refractivity contribution in [2.24, 2.45) is 0 Å².